The van der Waals surface area contributed by atoms with Gasteiger partial charge in [0.25, 0.3) is 0 Å². The van der Waals surface area contributed by atoms with E-state index in [1.54, 1.807) is 4.90 Å². The van der Waals surface area contributed by atoms with Gasteiger partial charge in [0.15, 0.2) is 0 Å². The molecule has 2 unspecified atom stereocenters. The quantitative estimate of drug-likeness (QED) is 0.815. The molecule has 104 valence electrons. The number of hydrogen-bond acceptors (Lipinski definition) is 2. The van der Waals surface area contributed by atoms with Crippen molar-refractivity contribution in [3.8, 4) is 0 Å². The second-order valence-corrected chi connectivity index (χ2v) is 5.83. The Balaban J connectivity index is 2.90. The lowest BCUT2D eigenvalue weighted by Gasteiger charge is -2.41. The van der Waals surface area contributed by atoms with Crippen molar-refractivity contribution in [2.45, 2.75) is 72.0 Å². The van der Waals surface area contributed by atoms with E-state index in [0.29, 0.717) is 12.3 Å². The number of nitrogens with zero attached hydrogens (tertiary/aromatic N) is 1. The number of rotatable bonds is 5. The summed E-state index contributed by atoms with van der Waals surface area (Å²) in [7, 11) is 0. The van der Waals surface area contributed by atoms with Crippen LogP contribution in [-0.2, 0) is 9.59 Å². The first-order chi connectivity index (χ1) is 8.38. The summed E-state index contributed by atoms with van der Waals surface area (Å²) in [6.45, 7) is 10.1. The molecule has 0 bridgehead atoms. The maximum absolute atomic E-state index is 12.4. The Morgan fingerprint density at radius 1 is 1.22 bits per heavy atom. The van der Waals surface area contributed by atoms with Crippen LogP contribution in [0.5, 0.6) is 0 Å². The van der Waals surface area contributed by atoms with E-state index in [-0.39, 0.29) is 29.9 Å². The fourth-order valence-electron chi connectivity index (χ4n) is 2.58. The van der Waals surface area contributed by atoms with E-state index in [4.69, 9.17) is 0 Å². The Morgan fingerprint density at radius 2 is 1.83 bits per heavy atom. The van der Waals surface area contributed by atoms with Crippen molar-refractivity contribution in [2.75, 3.05) is 0 Å². The van der Waals surface area contributed by atoms with E-state index >= 15 is 0 Å². The fraction of sp³-hybridized carbons (Fsp3) is 0.857. The van der Waals surface area contributed by atoms with Gasteiger partial charge in [-0.25, -0.2) is 0 Å². The Kier molecular flexibility index (Phi) is 5.17. The highest BCUT2D eigenvalue weighted by molar-refractivity contribution is 5.97. The molecular formula is C14H26N2O2. The number of hydrogen-bond donors (Lipinski definition) is 1. The van der Waals surface area contributed by atoms with Crippen molar-refractivity contribution >= 4 is 11.8 Å². The molecule has 1 heterocycles. The molecule has 0 aromatic heterocycles. The Hall–Kier alpha value is -1.06. The van der Waals surface area contributed by atoms with Crippen LogP contribution in [0, 0.1) is 5.92 Å². The maximum Gasteiger partial charge on any atom is 0.246 e. The average Bonchev–Trinajstić information content (AvgIpc) is 2.24. The predicted octanol–water partition coefficient (Wildman–Crippen LogP) is 1.94. The molecule has 1 fully saturated rings. The van der Waals surface area contributed by atoms with Gasteiger partial charge in [0.05, 0.1) is 0 Å². The second-order valence-electron chi connectivity index (χ2n) is 5.83. The van der Waals surface area contributed by atoms with E-state index in [0.717, 1.165) is 12.8 Å². The smallest absolute Gasteiger partial charge is 0.246 e. The van der Waals surface area contributed by atoms with Crippen LogP contribution in [0.25, 0.3) is 0 Å². The Labute approximate surface area is 110 Å². The van der Waals surface area contributed by atoms with E-state index in [1.807, 2.05) is 20.8 Å². The lowest BCUT2D eigenvalue weighted by Crippen LogP contribution is -2.65. The standard InChI is InChI=1S/C14H26N2O2/c1-6-7-12-13(17)15-11(8-9(2)3)14(18)16(12)10(4)5/h9-12H,6-8H2,1-5H3,(H,15,17). The highest BCUT2D eigenvalue weighted by atomic mass is 16.2. The zero-order valence-corrected chi connectivity index (χ0v) is 12.2. The first-order valence-electron chi connectivity index (χ1n) is 7.01. The molecule has 0 radical (unpaired) electrons. The molecule has 0 aliphatic carbocycles. The minimum atomic E-state index is -0.340. The van der Waals surface area contributed by atoms with Crippen LogP contribution >= 0.6 is 0 Å². The highest BCUT2D eigenvalue weighted by Gasteiger charge is 2.40. The summed E-state index contributed by atoms with van der Waals surface area (Å²) in [5.74, 6) is 0.489. The lowest BCUT2D eigenvalue weighted by molar-refractivity contribution is -0.152. The molecule has 0 saturated carbocycles. The van der Waals surface area contributed by atoms with Crippen LogP contribution in [-0.4, -0.2) is 34.8 Å². The van der Waals surface area contributed by atoms with Crippen LogP contribution in [0.4, 0.5) is 0 Å². The van der Waals surface area contributed by atoms with Crippen molar-refractivity contribution in [3.05, 3.63) is 0 Å². The third-order valence-electron chi connectivity index (χ3n) is 3.33. The van der Waals surface area contributed by atoms with Gasteiger partial charge < -0.3 is 10.2 Å². The monoisotopic (exact) mass is 254 g/mol. The molecule has 4 heteroatoms. The first-order valence-corrected chi connectivity index (χ1v) is 7.01. The van der Waals surface area contributed by atoms with Crippen molar-refractivity contribution in [2.24, 2.45) is 5.92 Å². The van der Waals surface area contributed by atoms with Crippen LogP contribution in [0.2, 0.25) is 0 Å². The summed E-state index contributed by atoms with van der Waals surface area (Å²) < 4.78 is 0. The minimum absolute atomic E-state index is 0.0100. The van der Waals surface area contributed by atoms with Crippen molar-refractivity contribution in [1.29, 1.82) is 0 Å². The molecule has 1 rings (SSSR count). The van der Waals surface area contributed by atoms with Gasteiger partial charge >= 0.3 is 0 Å². The maximum atomic E-state index is 12.4. The van der Waals surface area contributed by atoms with E-state index in [2.05, 4.69) is 19.2 Å². The Bertz CT molecular complexity index is 313. The molecule has 4 nitrogen and oxygen atoms in total. The summed E-state index contributed by atoms with van der Waals surface area (Å²) in [6.07, 6.45) is 2.36. The third kappa shape index (κ3) is 3.24. The van der Waals surface area contributed by atoms with Crippen molar-refractivity contribution < 1.29 is 9.59 Å². The third-order valence-corrected chi connectivity index (χ3v) is 3.33. The first kappa shape index (κ1) is 15.0. The van der Waals surface area contributed by atoms with Gasteiger partial charge in [-0.15, -0.1) is 0 Å². The van der Waals surface area contributed by atoms with Crippen molar-refractivity contribution in [1.82, 2.24) is 10.2 Å². The van der Waals surface area contributed by atoms with Crippen LogP contribution in [0.15, 0.2) is 0 Å². The van der Waals surface area contributed by atoms with E-state index in [1.165, 1.54) is 0 Å². The zero-order chi connectivity index (χ0) is 13.9. The summed E-state index contributed by atoms with van der Waals surface area (Å²) in [4.78, 5) is 26.3. The fourth-order valence-corrected chi connectivity index (χ4v) is 2.58. The summed E-state index contributed by atoms with van der Waals surface area (Å²) in [5, 5.41) is 2.89. The molecule has 1 saturated heterocycles. The number of nitrogens with one attached hydrogen (secondary N) is 1. The molecular weight excluding hydrogens is 228 g/mol. The van der Waals surface area contributed by atoms with Gasteiger partial charge in [0, 0.05) is 6.04 Å². The number of amides is 2. The van der Waals surface area contributed by atoms with Crippen molar-refractivity contribution in [3.63, 3.8) is 0 Å². The van der Waals surface area contributed by atoms with Gasteiger partial charge in [-0.2, -0.15) is 0 Å². The SMILES string of the molecule is CCCC1C(=O)NC(CC(C)C)C(=O)N1C(C)C. The topological polar surface area (TPSA) is 49.4 Å². The second kappa shape index (κ2) is 6.21. The zero-order valence-electron chi connectivity index (χ0n) is 12.2. The van der Waals surface area contributed by atoms with Crippen LogP contribution < -0.4 is 5.32 Å². The normalized spacial score (nSPS) is 24.9. The van der Waals surface area contributed by atoms with Crippen LogP contribution in [0.1, 0.15) is 53.9 Å². The molecule has 1 aliphatic heterocycles. The molecule has 0 spiro atoms. The van der Waals surface area contributed by atoms with Gasteiger partial charge in [0.1, 0.15) is 12.1 Å². The Morgan fingerprint density at radius 3 is 2.28 bits per heavy atom. The largest absolute Gasteiger partial charge is 0.342 e. The number of carbonyl (C=O) groups excluding carboxylic acids is 2. The molecule has 1 N–H and O–H groups in total. The van der Waals surface area contributed by atoms with Gasteiger partial charge in [-0.1, -0.05) is 27.2 Å². The van der Waals surface area contributed by atoms with Gasteiger partial charge in [-0.05, 0) is 32.6 Å². The molecule has 2 atom stereocenters. The minimum Gasteiger partial charge on any atom is -0.342 e. The van der Waals surface area contributed by atoms with E-state index in [9.17, 15) is 9.59 Å². The average molecular weight is 254 g/mol. The molecule has 0 aromatic rings. The molecule has 2 amide bonds. The summed E-state index contributed by atoms with van der Waals surface area (Å²) in [5.41, 5.74) is 0. The molecule has 18 heavy (non-hydrogen) atoms. The van der Waals surface area contributed by atoms with Gasteiger partial charge in [-0.3, -0.25) is 9.59 Å². The lowest BCUT2D eigenvalue weighted by atomic mass is 9.96. The predicted molar refractivity (Wildman–Crippen MR) is 72.1 cm³/mol. The van der Waals surface area contributed by atoms with Gasteiger partial charge in [0.2, 0.25) is 11.8 Å². The summed E-state index contributed by atoms with van der Waals surface area (Å²) in [6, 6.07) is -0.548. The summed E-state index contributed by atoms with van der Waals surface area (Å²) >= 11 is 0. The number of carbonyl (C=O) groups is 2. The molecule has 0 aromatic carbocycles. The number of piperazine rings is 1. The molecule has 1 aliphatic rings. The van der Waals surface area contributed by atoms with Crippen LogP contribution in [0.3, 0.4) is 0 Å². The highest BCUT2D eigenvalue weighted by Crippen LogP contribution is 2.20. The van der Waals surface area contributed by atoms with E-state index < -0.39 is 0 Å².